The lowest BCUT2D eigenvalue weighted by Crippen LogP contribution is -1.91. The van der Waals surface area contributed by atoms with E-state index in [1.165, 1.54) is 0 Å². The van der Waals surface area contributed by atoms with Gasteiger partial charge >= 0.3 is 0 Å². The molecule has 0 fully saturated rings. The van der Waals surface area contributed by atoms with Crippen molar-refractivity contribution in [1.82, 2.24) is 10.2 Å². The van der Waals surface area contributed by atoms with E-state index in [0.717, 1.165) is 32.8 Å². The lowest BCUT2D eigenvalue weighted by Gasteiger charge is -1.99. The van der Waals surface area contributed by atoms with Crippen LogP contribution in [-0.2, 0) is 0 Å². The molecule has 2 heterocycles. The first-order valence-corrected chi connectivity index (χ1v) is 5.65. The van der Waals surface area contributed by atoms with Crippen LogP contribution in [0.25, 0.3) is 32.8 Å². The maximum Gasteiger partial charge on any atom is 0.137 e. The Balaban J connectivity index is 2.28. The molecule has 2 N–H and O–H groups in total. The minimum Gasteiger partial charge on any atom is -0.456 e. The molecule has 0 bridgehead atoms. The van der Waals surface area contributed by atoms with E-state index in [4.69, 9.17) is 10.2 Å². The summed E-state index contributed by atoms with van der Waals surface area (Å²) in [6, 6.07) is 11.8. The van der Waals surface area contributed by atoms with E-state index >= 15 is 0 Å². The number of furan rings is 1. The minimum absolute atomic E-state index is 0.632. The molecule has 2 aromatic heterocycles. The molecule has 2 aromatic carbocycles. The summed E-state index contributed by atoms with van der Waals surface area (Å²) in [7, 11) is 0. The van der Waals surface area contributed by atoms with E-state index in [2.05, 4.69) is 10.2 Å². The van der Waals surface area contributed by atoms with Gasteiger partial charge in [-0.15, -0.1) is 0 Å². The fraction of sp³-hybridized carbons (Fsp3) is 0. The molecule has 4 aromatic rings. The van der Waals surface area contributed by atoms with Gasteiger partial charge in [0.2, 0.25) is 0 Å². The number of nitrogens with zero attached hydrogens (tertiary/aromatic N) is 2. The third-order valence-electron chi connectivity index (χ3n) is 3.17. The Morgan fingerprint density at radius 2 is 1.83 bits per heavy atom. The van der Waals surface area contributed by atoms with Gasteiger partial charge in [-0.05, 0) is 12.1 Å². The average molecular weight is 235 g/mol. The highest BCUT2D eigenvalue weighted by Crippen LogP contribution is 2.32. The maximum atomic E-state index is 5.93. The van der Waals surface area contributed by atoms with Gasteiger partial charge in [-0.1, -0.05) is 18.2 Å². The van der Waals surface area contributed by atoms with Gasteiger partial charge in [0.25, 0.3) is 0 Å². The molecular formula is C14H9N3O. The van der Waals surface area contributed by atoms with Gasteiger partial charge in [-0.25, -0.2) is 0 Å². The highest BCUT2D eigenvalue weighted by Gasteiger charge is 2.09. The van der Waals surface area contributed by atoms with Crippen LogP contribution in [0.3, 0.4) is 0 Å². The molecule has 18 heavy (non-hydrogen) atoms. The lowest BCUT2D eigenvalue weighted by molar-refractivity contribution is 0.669. The van der Waals surface area contributed by atoms with Crippen molar-refractivity contribution in [1.29, 1.82) is 0 Å². The molecule has 0 amide bonds. The quantitative estimate of drug-likeness (QED) is 0.508. The summed E-state index contributed by atoms with van der Waals surface area (Å²) in [6.07, 6.45) is 1.57. The van der Waals surface area contributed by atoms with Crippen LogP contribution >= 0.6 is 0 Å². The van der Waals surface area contributed by atoms with Gasteiger partial charge in [-0.3, -0.25) is 0 Å². The summed E-state index contributed by atoms with van der Waals surface area (Å²) in [6.45, 7) is 0. The van der Waals surface area contributed by atoms with Crippen molar-refractivity contribution in [3.8, 4) is 0 Å². The highest BCUT2D eigenvalue weighted by molar-refractivity contribution is 6.10. The SMILES string of the molecule is Nc1cnnc2cc3oc4ccccc4c3cc12. The number of fused-ring (bicyclic) bond motifs is 4. The number of hydrogen-bond donors (Lipinski definition) is 1. The van der Waals surface area contributed by atoms with Crippen molar-refractivity contribution < 1.29 is 4.42 Å². The molecule has 0 saturated heterocycles. The van der Waals surface area contributed by atoms with Crippen LogP contribution in [0.1, 0.15) is 0 Å². The molecule has 0 aliphatic heterocycles. The van der Waals surface area contributed by atoms with Gasteiger partial charge in [0.15, 0.2) is 0 Å². The van der Waals surface area contributed by atoms with Gasteiger partial charge < -0.3 is 10.2 Å². The number of para-hydroxylation sites is 1. The van der Waals surface area contributed by atoms with Gasteiger partial charge in [0.05, 0.1) is 17.4 Å². The average Bonchev–Trinajstić information content (AvgIpc) is 2.75. The number of benzene rings is 2. The Labute approximate surface area is 102 Å². The van der Waals surface area contributed by atoms with Crippen molar-refractivity contribution in [2.24, 2.45) is 0 Å². The predicted molar refractivity (Wildman–Crippen MR) is 71.2 cm³/mol. The van der Waals surface area contributed by atoms with Crippen LogP contribution in [0.2, 0.25) is 0 Å². The fourth-order valence-corrected chi connectivity index (χ4v) is 2.30. The van der Waals surface area contributed by atoms with Crippen LogP contribution in [0.15, 0.2) is 47.0 Å². The van der Waals surface area contributed by atoms with Gasteiger partial charge in [0, 0.05) is 22.2 Å². The summed E-state index contributed by atoms with van der Waals surface area (Å²) in [5, 5.41) is 11.0. The molecule has 0 unspecified atom stereocenters. The second-order valence-corrected chi connectivity index (χ2v) is 4.26. The highest BCUT2D eigenvalue weighted by atomic mass is 16.3. The van der Waals surface area contributed by atoms with Crippen molar-refractivity contribution in [3.05, 3.63) is 42.6 Å². The summed E-state index contributed by atoms with van der Waals surface area (Å²) in [5.41, 5.74) is 8.99. The monoisotopic (exact) mass is 235 g/mol. The minimum atomic E-state index is 0.632. The number of nitrogens with two attached hydrogens (primary N) is 1. The van der Waals surface area contributed by atoms with E-state index < -0.39 is 0 Å². The molecular weight excluding hydrogens is 226 g/mol. The molecule has 0 saturated carbocycles. The molecule has 4 heteroatoms. The van der Waals surface area contributed by atoms with E-state index in [9.17, 15) is 0 Å². The molecule has 0 radical (unpaired) electrons. The predicted octanol–water partition coefficient (Wildman–Crippen LogP) is 3.11. The maximum absolute atomic E-state index is 5.93. The summed E-state index contributed by atoms with van der Waals surface area (Å²) in [4.78, 5) is 0. The van der Waals surface area contributed by atoms with Crippen molar-refractivity contribution in [3.63, 3.8) is 0 Å². The lowest BCUT2D eigenvalue weighted by atomic mass is 10.1. The first kappa shape index (κ1) is 9.41. The fourth-order valence-electron chi connectivity index (χ4n) is 2.30. The Hall–Kier alpha value is -2.62. The molecule has 0 atom stereocenters. The van der Waals surface area contributed by atoms with E-state index in [1.807, 2.05) is 36.4 Å². The Kier molecular flexibility index (Phi) is 1.67. The Morgan fingerprint density at radius 3 is 2.78 bits per heavy atom. The second kappa shape index (κ2) is 3.20. The Morgan fingerprint density at radius 1 is 0.944 bits per heavy atom. The van der Waals surface area contributed by atoms with Crippen LogP contribution in [-0.4, -0.2) is 10.2 Å². The van der Waals surface area contributed by atoms with Crippen molar-refractivity contribution >= 4 is 38.5 Å². The van der Waals surface area contributed by atoms with Crippen LogP contribution in [0.5, 0.6) is 0 Å². The molecule has 0 spiro atoms. The van der Waals surface area contributed by atoms with Crippen molar-refractivity contribution in [2.45, 2.75) is 0 Å². The zero-order chi connectivity index (χ0) is 12.1. The number of nitrogen functional groups attached to an aromatic ring is 1. The number of aromatic nitrogens is 2. The largest absolute Gasteiger partial charge is 0.456 e. The van der Waals surface area contributed by atoms with Crippen molar-refractivity contribution in [2.75, 3.05) is 5.73 Å². The molecule has 0 aliphatic carbocycles. The summed E-state index contributed by atoms with van der Waals surface area (Å²) < 4.78 is 5.79. The summed E-state index contributed by atoms with van der Waals surface area (Å²) >= 11 is 0. The smallest absolute Gasteiger partial charge is 0.137 e. The van der Waals surface area contributed by atoms with E-state index in [1.54, 1.807) is 6.20 Å². The molecule has 0 aliphatic rings. The normalized spacial score (nSPS) is 11.6. The standard InChI is InChI=1S/C14H9N3O/c15-11-7-16-17-12-6-14-9(5-10(11)12)8-3-1-2-4-13(8)18-14/h1-7H,(H2,15,17). The van der Waals surface area contributed by atoms with E-state index in [-0.39, 0.29) is 0 Å². The Bertz CT molecular complexity index is 895. The van der Waals surface area contributed by atoms with Crippen LogP contribution in [0, 0.1) is 0 Å². The first-order valence-electron chi connectivity index (χ1n) is 5.65. The summed E-state index contributed by atoms with van der Waals surface area (Å²) in [5.74, 6) is 0. The second-order valence-electron chi connectivity index (χ2n) is 4.26. The molecule has 86 valence electrons. The van der Waals surface area contributed by atoms with Crippen LogP contribution < -0.4 is 5.73 Å². The first-order chi connectivity index (χ1) is 8.83. The number of hydrogen-bond acceptors (Lipinski definition) is 4. The van der Waals surface area contributed by atoms with E-state index in [0.29, 0.717) is 5.69 Å². The van der Waals surface area contributed by atoms with Gasteiger partial charge in [-0.2, -0.15) is 10.2 Å². The van der Waals surface area contributed by atoms with Gasteiger partial charge in [0.1, 0.15) is 11.2 Å². The third kappa shape index (κ3) is 1.14. The zero-order valence-electron chi connectivity index (χ0n) is 9.42. The number of anilines is 1. The molecule has 4 nitrogen and oxygen atoms in total. The van der Waals surface area contributed by atoms with Crippen LogP contribution in [0.4, 0.5) is 5.69 Å². The topological polar surface area (TPSA) is 64.9 Å². The molecule has 4 rings (SSSR count). The zero-order valence-corrected chi connectivity index (χ0v) is 9.42. The number of rotatable bonds is 0. The third-order valence-corrected chi connectivity index (χ3v) is 3.17.